The van der Waals surface area contributed by atoms with E-state index in [9.17, 15) is 4.79 Å². The Morgan fingerprint density at radius 3 is 2.94 bits per heavy atom. The van der Waals surface area contributed by atoms with Crippen LogP contribution in [0.4, 0.5) is 4.79 Å². The fourth-order valence-corrected chi connectivity index (χ4v) is 3.10. The maximum absolute atomic E-state index is 12.2. The van der Waals surface area contributed by atoms with E-state index in [-0.39, 0.29) is 18.1 Å². The molecule has 100 valence electrons. The van der Waals surface area contributed by atoms with Gasteiger partial charge in [0.25, 0.3) is 0 Å². The maximum atomic E-state index is 12.2. The molecule has 2 heterocycles. The van der Waals surface area contributed by atoms with Crippen LogP contribution in [0.5, 0.6) is 0 Å². The van der Waals surface area contributed by atoms with Crippen LogP contribution in [0.15, 0.2) is 16.5 Å². The van der Waals surface area contributed by atoms with Gasteiger partial charge in [0, 0.05) is 24.1 Å². The molecule has 18 heavy (non-hydrogen) atoms. The standard InChI is InChI=1S/C13H20N2O2S/c1-9(2)14-13(16)15-6-7-18-8-11(15)12-5-4-10(3)17-12/h4-5,9,11H,6-8H2,1-3H3,(H,14,16)/t11-/m1/s1. The molecule has 4 nitrogen and oxygen atoms in total. The molecule has 1 aliphatic heterocycles. The topological polar surface area (TPSA) is 45.5 Å². The minimum Gasteiger partial charge on any atom is -0.464 e. The molecule has 0 spiro atoms. The number of urea groups is 1. The van der Waals surface area contributed by atoms with E-state index in [0.717, 1.165) is 29.6 Å². The van der Waals surface area contributed by atoms with Crippen molar-refractivity contribution in [1.29, 1.82) is 0 Å². The number of thioether (sulfide) groups is 1. The molecular formula is C13H20N2O2S. The Bertz CT molecular complexity index is 417. The Kier molecular flexibility index (Phi) is 4.22. The van der Waals surface area contributed by atoms with Crippen LogP contribution in [0, 0.1) is 6.92 Å². The van der Waals surface area contributed by atoms with Gasteiger partial charge in [0.1, 0.15) is 17.6 Å². The number of rotatable bonds is 2. The molecule has 2 amide bonds. The molecule has 0 saturated carbocycles. The second kappa shape index (κ2) is 5.69. The maximum Gasteiger partial charge on any atom is 0.318 e. The van der Waals surface area contributed by atoms with Crippen molar-refractivity contribution in [1.82, 2.24) is 10.2 Å². The summed E-state index contributed by atoms with van der Waals surface area (Å²) in [4.78, 5) is 14.0. The van der Waals surface area contributed by atoms with Crippen LogP contribution in [-0.2, 0) is 0 Å². The van der Waals surface area contributed by atoms with Gasteiger partial charge >= 0.3 is 6.03 Å². The first kappa shape index (κ1) is 13.3. The summed E-state index contributed by atoms with van der Waals surface area (Å²) in [5.41, 5.74) is 0. The van der Waals surface area contributed by atoms with Crippen molar-refractivity contribution in [2.45, 2.75) is 32.9 Å². The van der Waals surface area contributed by atoms with E-state index in [1.165, 1.54) is 0 Å². The second-order valence-corrected chi connectivity index (χ2v) is 5.99. The Hall–Kier alpha value is -1.10. The number of furan rings is 1. The number of carbonyl (C=O) groups excluding carboxylic acids is 1. The average molecular weight is 268 g/mol. The molecule has 1 aromatic heterocycles. The fourth-order valence-electron chi connectivity index (χ4n) is 2.04. The number of aryl methyl sites for hydroxylation is 1. The lowest BCUT2D eigenvalue weighted by molar-refractivity contribution is 0.171. The van der Waals surface area contributed by atoms with Crippen LogP contribution in [0.2, 0.25) is 0 Å². The van der Waals surface area contributed by atoms with E-state index in [1.807, 2.05) is 49.6 Å². The zero-order valence-corrected chi connectivity index (χ0v) is 11.9. The normalized spacial score (nSPS) is 20.2. The number of hydrogen-bond donors (Lipinski definition) is 1. The Morgan fingerprint density at radius 1 is 1.56 bits per heavy atom. The summed E-state index contributed by atoms with van der Waals surface area (Å²) in [6.07, 6.45) is 0. The first-order valence-corrected chi connectivity index (χ1v) is 7.44. The Balaban J connectivity index is 2.13. The van der Waals surface area contributed by atoms with Crippen LogP contribution in [-0.4, -0.2) is 35.0 Å². The van der Waals surface area contributed by atoms with Gasteiger partial charge in [-0.15, -0.1) is 0 Å². The molecule has 1 atom stereocenters. The lowest BCUT2D eigenvalue weighted by Crippen LogP contribution is -2.48. The summed E-state index contributed by atoms with van der Waals surface area (Å²) < 4.78 is 5.67. The van der Waals surface area contributed by atoms with Gasteiger partial charge in [-0.3, -0.25) is 0 Å². The molecule has 0 aromatic carbocycles. The lowest BCUT2D eigenvalue weighted by Gasteiger charge is -2.34. The first-order valence-electron chi connectivity index (χ1n) is 6.29. The van der Waals surface area contributed by atoms with Crippen molar-refractivity contribution < 1.29 is 9.21 Å². The first-order chi connectivity index (χ1) is 8.58. The van der Waals surface area contributed by atoms with E-state index in [0.29, 0.717) is 0 Å². The van der Waals surface area contributed by atoms with E-state index in [2.05, 4.69) is 5.32 Å². The zero-order chi connectivity index (χ0) is 13.1. The Labute approximate surface area is 112 Å². The SMILES string of the molecule is Cc1ccc([C@H]2CSCCN2C(=O)NC(C)C)o1. The van der Waals surface area contributed by atoms with E-state index >= 15 is 0 Å². The summed E-state index contributed by atoms with van der Waals surface area (Å²) in [6, 6.07) is 4.14. The number of nitrogens with zero attached hydrogens (tertiary/aromatic N) is 1. The number of amides is 2. The predicted octanol–water partition coefficient (Wildman–Crippen LogP) is 2.80. The summed E-state index contributed by atoms with van der Waals surface area (Å²) in [6.45, 7) is 6.65. The van der Waals surface area contributed by atoms with E-state index in [4.69, 9.17) is 4.42 Å². The molecule has 0 aliphatic carbocycles. The van der Waals surface area contributed by atoms with E-state index in [1.54, 1.807) is 0 Å². The van der Waals surface area contributed by atoms with Gasteiger partial charge in [-0.2, -0.15) is 11.8 Å². The van der Waals surface area contributed by atoms with Crippen molar-refractivity contribution in [3.8, 4) is 0 Å². The molecule has 1 aromatic rings. The fraction of sp³-hybridized carbons (Fsp3) is 0.615. The van der Waals surface area contributed by atoms with Gasteiger partial charge in [0.05, 0.1) is 0 Å². The molecule has 1 aliphatic rings. The molecule has 1 N–H and O–H groups in total. The van der Waals surface area contributed by atoms with Crippen molar-refractivity contribution in [2.24, 2.45) is 0 Å². The summed E-state index contributed by atoms with van der Waals surface area (Å²) in [7, 11) is 0. The highest BCUT2D eigenvalue weighted by molar-refractivity contribution is 7.99. The molecule has 2 rings (SSSR count). The highest BCUT2D eigenvalue weighted by atomic mass is 32.2. The van der Waals surface area contributed by atoms with Gasteiger partial charge in [-0.1, -0.05) is 0 Å². The van der Waals surface area contributed by atoms with Gasteiger partial charge < -0.3 is 14.6 Å². The van der Waals surface area contributed by atoms with Gasteiger partial charge in [0.2, 0.25) is 0 Å². The smallest absolute Gasteiger partial charge is 0.318 e. The number of hydrogen-bond acceptors (Lipinski definition) is 3. The van der Waals surface area contributed by atoms with Crippen molar-refractivity contribution >= 4 is 17.8 Å². The minimum atomic E-state index is 0.00403. The monoisotopic (exact) mass is 268 g/mol. The molecule has 0 bridgehead atoms. The quantitative estimate of drug-likeness (QED) is 0.897. The van der Waals surface area contributed by atoms with E-state index < -0.39 is 0 Å². The highest BCUT2D eigenvalue weighted by Crippen LogP contribution is 2.30. The van der Waals surface area contributed by atoms with Crippen LogP contribution in [0.1, 0.15) is 31.4 Å². The predicted molar refractivity (Wildman–Crippen MR) is 73.9 cm³/mol. The number of nitrogens with one attached hydrogen (secondary N) is 1. The van der Waals surface area contributed by atoms with Crippen LogP contribution >= 0.6 is 11.8 Å². The third-order valence-electron chi connectivity index (χ3n) is 2.89. The third-order valence-corrected chi connectivity index (χ3v) is 3.91. The summed E-state index contributed by atoms with van der Waals surface area (Å²) >= 11 is 1.87. The molecule has 0 radical (unpaired) electrons. The lowest BCUT2D eigenvalue weighted by atomic mass is 10.2. The van der Waals surface area contributed by atoms with Crippen molar-refractivity contribution in [3.63, 3.8) is 0 Å². The molecular weight excluding hydrogens is 248 g/mol. The van der Waals surface area contributed by atoms with Crippen molar-refractivity contribution in [3.05, 3.63) is 23.7 Å². The van der Waals surface area contributed by atoms with Gasteiger partial charge in [0.15, 0.2) is 0 Å². The van der Waals surface area contributed by atoms with Crippen LogP contribution < -0.4 is 5.32 Å². The molecule has 1 fully saturated rings. The molecule has 1 saturated heterocycles. The number of carbonyl (C=O) groups is 1. The van der Waals surface area contributed by atoms with Crippen molar-refractivity contribution in [2.75, 3.05) is 18.1 Å². The molecule has 5 heteroatoms. The van der Waals surface area contributed by atoms with Crippen LogP contribution in [0.3, 0.4) is 0 Å². The minimum absolute atomic E-state index is 0.00403. The van der Waals surface area contributed by atoms with Gasteiger partial charge in [-0.25, -0.2) is 4.79 Å². The third kappa shape index (κ3) is 3.02. The molecule has 0 unspecified atom stereocenters. The van der Waals surface area contributed by atoms with Gasteiger partial charge in [-0.05, 0) is 32.9 Å². The van der Waals surface area contributed by atoms with Crippen LogP contribution in [0.25, 0.3) is 0 Å². The highest BCUT2D eigenvalue weighted by Gasteiger charge is 2.30. The second-order valence-electron chi connectivity index (χ2n) is 4.84. The zero-order valence-electron chi connectivity index (χ0n) is 11.1. The largest absolute Gasteiger partial charge is 0.464 e. The average Bonchev–Trinajstić information content (AvgIpc) is 2.75. The Morgan fingerprint density at radius 2 is 2.33 bits per heavy atom. The summed E-state index contributed by atoms with van der Waals surface area (Å²) in [5, 5.41) is 2.96. The summed E-state index contributed by atoms with van der Waals surface area (Å²) in [5.74, 6) is 3.67.